The fourth-order valence-corrected chi connectivity index (χ4v) is 6.92. The Hall–Kier alpha value is -0.670. The average molecular weight is 519 g/mol. The minimum absolute atomic E-state index is 0. The lowest BCUT2D eigenvalue weighted by molar-refractivity contribution is 0.106. The van der Waals surface area contributed by atoms with E-state index in [9.17, 15) is 8.42 Å². The van der Waals surface area contributed by atoms with Crippen LogP contribution >= 0.6 is 35.3 Å². The molecule has 2 aromatic rings. The van der Waals surface area contributed by atoms with Crippen LogP contribution < -0.4 is 0 Å². The van der Waals surface area contributed by atoms with Crippen molar-refractivity contribution in [1.29, 1.82) is 0 Å². The maximum absolute atomic E-state index is 12.1. The first-order chi connectivity index (χ1) is 14.9. The second-order valence-electron chi connectivity index (χ2n) is 8.76. The number of halogens is 2. The number of nitrogens with zero attached hydrogens (tertiary/aromatic N) is 3. The molecular formula is C23H33Cl2N3O2S2. The molecule has 2 aliphatic rings. The van der Waals surface area contributed by atoms with Crippen LogP contribution in [0.1, 0.15) is 29.7 Å². The zero-order valence-electron chi connectivity index (χ0n) is 18.6. The molecule has 0 amide bonds. The number of hydrogen-bond acceptors (Lipinski definition) is 6. The van der Waals surface area contributed by atoms with Crippen molar-refractivity contribution in [2.75, 3.05) is 45.5 Å². The minimum atomic E-state index is -3.19. The van der Waals surface area contributed by atoms with Crippen molar-refractivity contribution in [1.82, 2.24) is 14.7 Å². The number of sulfone groups is 1. The number of rotatable bonds is 6. The zero-order valence-corrected chi connectivity index (χ0v) is 21.8. The number of benzene rings is 1. The van der Waals surface area contributed by atoms with E-state index in [1.807, 2.05) is 24.3 Å². The smallest absolute Gasteiger partial charge is 0.175 e. The molecule has 2 saturated heterocycles. The maximum Gasteiger partial charge on any atom is 0.175 e. The van der Waals surface area contributed by atoms with Crippen LogP contribution in [0.4, 0.5) is 0 Å². The molecule has 0 saturated carbocycles. The molecule has 0 spiro atoms. The molecule has 0 aliphatic carbocycles. The van der Waals surface area contributed by atoms with E-state index in [4.69, 9.17) is 11.6 Å². The second-order valence-corrected chi connectivity index (χ2v) is 12.5. The van der Waals surface area contributed by atoms with E-state index in [1.165, 1.54) is 24.1 Å². The maximum atomic E-state index is 12.1. The summed E-state index contributed by atoms with van der Waals surface area (Å²) < 4.78 is 25.1. The van der Waals surface area contributed by atoms with E-state index >= 15 is 0 Å². The van der Waals surface area contributed by atoms with Crippen LogP contribution in [0.5, 0.6) is 0 Å². The van der Waals surface area contributed by atoms with Crippen molar-refractivity contribution < 1.29 is 8.42 Å². The van der Waals surface area contributed by atoms with Crippen molar-refractivity contribution in [3.63, 3.8) is 0 Å². The highest BCUT2D eigenvalue weighted by atomic mass is 35.5. The van der Waals surface area contributed by atoms with E-state index < -0.39 is 9.84 Å². The highest BCUT2D eigenvalue weighted by molar-refractivity contribution is 7.90. The topological polar surface area (TPSA) is 43.9 Å². The van der Waals surface area contributed by atoms with Crippen molar-refractivity contribution in [2.45, 2.75) is 43.3 Å². The summed E-state index contributed by atoms with van der Waals surface area (Å²) in [6, 6.07) is 12.2. The van der Waals surface area contributed by atoms with Gasteiger partial charge >= 0.3 is 0 Å². The van der Waals surface area contributed by atoms with Gasteiger partial charge in [0.25, 0.3) is 0 Å². The van der Waals surface area contributed by atoms with Crippen molar-refractivity contribution in [3.05, 3.63) is 51.2 Å². The lowest BCUT2D eigenvalue weighted by Gasteiger charge is -2.38. The summed E-state index contributed by atoms with van der Waals surface area (Å²) in [5.41, 5.74) is 0.919. The predicted octanol–water partition coefficient (Wildman–Crippen LogP) is 4.40. The lowest BCUT2D eigenvalue weighted by Crippen LogP contribution is -2.46. The number of thiophene rings is 1. The molecule has 178 valence electrons. The minimum Gasteiger partial charge on any atom is -0.299 e. The van der Waals surface area contributed by atoms with Crippen LogP contribution in [0, 0.1) is 0 Å². The van der Waals surface area contributed by atoms with Gasteiger partial charge in [-0.25, -0.2) is 8.42 Å². The summed E-state index contributed by atoms with van der Waals surface area (Å²) in [7, 11) is -3.19. The Morgan fingerprint density at radius 1 is 0.938 bits per heavy atom. The standard InChI is InChI=1S/C23H32ClN3O2S2.ClH/c1-31(28,29)22-6-3-2-5-19(22)17-26-13-9-20(10-14-26)27-12-4-11-25(15-16-27)18-21-7-8-23(24)30-21;/h2-3,5-8,20H,4,9-18H2,1H3;1H. The molecule has 9 heteroatoms. The normalized spacial score (nSPS) is 20.1. The zero-order chi connectivity index (χ0) is 21.8. The van der Waals surface area contributed by atoms with E-state index in [-0.39, 0.29) is 12.4 Å². The predicted molar refractivity (Wildman–Crippen MR) is 136 cm³/mol. The molecule has 0 N–H and O–H groups in total. The summed E-state index contributed by atoms with van der Waals surface area (Å²) in [5, 5.41) is 0. The number of piperidine rings is 1. The van der Waals surface area contributed by atoms with E-state index in [1.54, 1.807) is 17.4 Å². The SMILES string of the molecule is CS(=O)(=O)c1ccccc1CN1CCC(N2CCCN(Cc3ccc(Cl)s3)CC2)CC1.Cl. The second kappa shape index (κ2) is 11.6. The van der Waals surface area contributed by atoms with Crippen LogP contribution in [0.2, 0.25) is 4.34 Å². The molecule has 32 heavy (non-hydrogen) atoms. The third-order valence-electron chi connectivity index (χ3n) is 6.47. The van der Waals surface area contributed by atoms with Gasteiger partial charge in [-0.2, -0.15) is 0 Å². The fourth-order valence-electron chi connectivity index (χ4n) is 4.85. The van der Waals surface area contributed by atoms with Gasteiger partial charge in [-0.1, -0.05) is 29.8 Å². The van der Waals surface area contributed by atoms with Crippen LogP contribution in [0.25, 0.3) is 0 Å². The van der Waals surface area contributed by atoms with E-state index in [2.05, 4.69) is 20.8 Å². The summed E-state index contributed by atoms with van der Waals surface area (Å²) in [6.07, 6.45) is 4.82. The Labute approximate surface area is 207 Å². The largest absolute Gasteiger partial charge is 0.299 e. The fraction of sp³-hybridized carbons (Fsp3) is 0.565. The Balaban J connectivity index is 0.00000289. The van der Waals surface area contributed by atoms with Gasteiger partial charge in [0.2, 0.25) is 0 Å². The van der Waals surface area contributed by atoms with Crippen LogP contribution in [0.15, 0.2) is 41.3 Å². The van der Waals surface area contributed by atoms with E-state index in [0.29, 0.717) is 17.5 Å². The highest BCUT2D eigenvalue weighted by Gasteiger charge is 2.27. The van der Waals surface area contributed by atoms with Gasteiger partial charge in [-0.3, -0.25) is 14.7 Å². The molecule has 3 heterocycles. The summed E-state index contributed by atoms with van der Waals surface area (Å²) in [5.74, 6) is 0. The number of likely N-dealkylation sites (tertiary alicyclic amines) is 1. The first-order valence-corrected chi connectivity index (χ1v) is 14.2. The van der Waals surface area contributed by atoms with Gasteiger partial charge in [0.1, 0.15) is 0 Å². The van der Waals surface area contributed by atoms with Crippen LogP contribution in [0.3, 0.4) is 0 Å². The first-order valence-electron chi connectivity index (χ1n) is 11.1. The van der Waals surface area contributed by atoms with Crippen LogP contribution in [-0.2, 0) is 22.9 Å². The van der Waals surface area contributed by atoms with Gasteiger partial charge in [-0.05, 0) is 69.2 Å². The van der Waals surface area contributed by atoms with Crippen molar-refractivity contribution in [3.8, 4) is 0 Å². The molecule has 4 rings (SSSR count). The van der Waals surface area contributed by atoms with Gasteiger partial charge in [0.05, 0.1) is 9.23 Å². The Bertz CT molecular complexity index is 975. The Kier molecular flexibility index (Phi) is 9.44. The van der Waals surface area contributed by atoms with Crippen molar-refractivity contribution >= 4 is 45.2 Å². The highest BCUT2D eigenvalue weighted by Crippen LogP contribution is 2.25. The summed E-state index contributed by atoms with van der Waals surface area (Å²) >= 11 is 7.77. The molecule has 1 aromatic heterocycles. The molecule has 0 radical (unpaired) electrons. The molecule has 2 aliphatic heterocycles. The first kappa shape index (κ1) is 25.9. The van der Waals surface area contributed by atoms with Crippen LogP contribution in [-0.4, -0.2) is 74.7 Å². The Morgan fingerprint density at radius 3 is 2.34 bits per heavy atom. The average Bonchev–Trinajstić information content (AvgIpc) is 3.00. The van der Waals surface area contributed by atoms with Gasteiger partial charge in [0.15, 0.2) is 9.84 Å². The van der Waals surface area contributed by atoms with E-state index in [0.717, 1.165) is 62.0 Å². The molecule has 2 fully saturated rings. The monoisotopic (exact) mass is 517 g/mol. The molecule has 5 nitrogen and oxygen atoms in total. The quantitative estimate of drug-likeness (QED) is 0.567. The van der Waals surface area contributed by atoms with Gasteiger partial charge in [-0.15, -0.1) is 23.7 Å². The van der Waals surface area contributed by atoms with Gasteiger partial charge < -0.3 is 0 Å². The number of hydrogen-bond donors (Lipinski definition) is 0. The molecule has 0 atom stereocenters. The molecule has 0 unspecified atom stereocenters. The molecule has 0 bridgehead atoms. The third kappa shape index (κ3) is 6.92. The third-order valence-corrected chi connectivity index (χ3v) is 8.88. The Morgan fingerprint density at radius 2 is 1.66 bits per heavy atom. The summed E-state index contributed by atoms with van der Waals surface area (Å²) in [4.78, 5) is 9.46. The van der Waals surface area contributed by atoms with Crippen molar-refractivity contribution in [2.24, 2.45) is 0 Å². The summed E-state index contributed by atoms with van der Waals surface area (Å²) in [6.45, 7) is 8.32. The lowest BCUT2D eigenvalue weighted by atomic mass is 10.0. The molecule has 1 aromatic carbocycles. The van der Waals surface area contributed by atoms with Gasteiger partial charge in [0, 0.05) is 43.4 Å². The molecular weight excluding hydrogens is 485 g/mol.